The highest BCUT2D eigenvalue weighted by atomic mass is 16.7. The molecule has 106 valence electrons. The first-order valence-electron chi connectivity index (χ1n) is 6.88. The van der Waals surface area contributed by atoms with E-state index in [1.165, 1.54) is 0 Å². The number of ketones is 1. The summed E-state index contributed by atoms with van der Waals surface area (Å²) in [5.41, 5.74) is 0.359. The van der Waals surface area contributed by atoms with E-state index in [1.807, 2.05) is 0 Å². The van der Waals surface area contributed by atoms with Crippen LogP contribution in [0, 0.1) is 5.92 Å². The van der Waals surface area contributed by atoms with Crippen LogP contribution in [0.15, 0.2) is 18.2 Å². The van der Waals surface area contributed by atoms with Crippen molar-refractivity contribution in [3.63, 3.8) is 0 Å². The number of amides is 1. The van der Waals surface area contributed by atoms with Gasteiger partial charge in [0.2, 0.25) is 6.79 Å². The van der Waals surface area contributed by atoms with Crippen LogP contribution in [-0.4, -0.2) is 36.5 Å². The Bertz CT molecular complexity index is 547. The number of likely N-dealkylation sites (tertiary alicyclic amines) is 1. The molecule has 1 aromatic rings. The number of nitrogens with zero attached hydrogens (tertiary/aromatic N) is 1. The summed E-state index contributed by atoms with van der Waals surface area (Å²) < 4.78 is 10.4. The molecule has 5 heteroatoms. The first kappa shape index (κ1) is 13.0. The van der Waals surface area contributed by atoms with E-state index in [0.717, 1.165) is 12.8 Å². The second-order valence-electron chi connectivity index (χ2n) is 5.37. The Morgan fingerprint density at radius 1 is 1.15 bits per heavy atom. The number of carbonyl (C=O) groups excluding carboxylic acids is 2. The third-order valence-electron chi connectivity index (χ3n) is 3.90. The predicted octanol–water partition coefficient (Wildman–Crippen LogP) is 1.86. The fourth-order valence-electron chi connectivity index (χ4n) is 2.52. The number of rotatable bonds is 2. The third-order valence-corrected chi connectivity index (χ3v) is 3.90. The van der Waals surface area contributed by atoms with E-state index in [0.29, 0.717) is 36.1 Å². The van der Waals surface area contributed by atoms with Crippen molar-refractivity contribution in [3.05, 3.63) is 23.8 Å². The summed E-state index contributed by atoms with van der Waals surface area (Å²) in [5.74, 6) is 0.866. The first-order chi connectivity index (χ1) is 9.65. The van der Waals surface area contributed by atoms with Crippen molar-refractivity contribution >= 4 is 11.7 Å². The summed E-state index contributed by atoms with van der Waals surface area (Å²) in [5, 5.41) is 0. The molecule has 5 nitrogen and oxygen atoms in total. The largest absolute Gasteiger partial charge is 0.454 e. The lowest BCUT2D eigenvalue weighted by atomic mass is 9.98. The minimum atomic E-state index is -0.474. The molecule has 0 N–H and O–H groups in total. The molecular formula is C15H17NO4. The summed E-state index contributed by atoms with van der Waals surface area (Å²) in [4.78, 5) is 26.1. The molecule has 3 rings (SSSR count). The Morgan fingerprint density at radius 3 is 2.60 bits per heavy atom. The molecule has 20 heavy (non-hydrogen) atoms. The Balaban J connectivity index is 1.73. The number of piperidine rings is 1. The minimum Gasteiger partial charge on any atom is -0.454 e. The average Bonchev–Trinajstić information content (AvgIpc) is 2.94. The van der Waals surface area contributed by atoms with Gasteiger partial charge in [-0.15, -0.1) is 0 Å². The molecular weight excluding hydrogens is 258 g/mol. The molecule has 0 aromatic heterocycles. The standard InChI is InChI=1S/C15H17NO4/c1-10-4-6-16(7-5-10)15(18)14(17)11-2-3-12-13(8-11)20-9-19-12/h2-3,8,10H,4-7,9H2,1H3. The maximum absolute atomic E-state index is 12.2. The van der Waals surface area contributed by atoms with Gasteiger partial charge < -0.3 is 14.4 Å². The van der Waals surface area contributed by atoms with Gasteiger partial charge in [0, 0.05) is 18.7 Å². The monoisotopic (exact) mass is 275 g/mol. The number of carbonyl (C=O) groups is 2. The summed E-state index contributed by atoms with van der Waals surface area (Å²) >= 11 is 0. The molecule has 1 aromatic carbocycles. The molecule has 0 bridgehead atoms. The lowest BCUT2D eigenvalue weighted by Gasteiger charge is -2.29. The zero-order valence-electron chi connectivity index (χ0n) is 11.4. The highest BCUT2D eigenvalue weighted by Crippen LogP contribution is 2.32. The summed E-state index contributed by atoms with van der Waals surface area (Å²) in [6.45, 7) is 3.65. The minimum absolute atomic E-state index is 0.158. The number of fused-ring (bicyclic) bond motifs is 1. The summed E-state index contributed by atoms with van der Waals surface area (Å²) in [7, 11) is 0. The lowest BCUT2D eigenvalue weighted by Crippen LogP contribution is -2.41. The number of hydrogen-bond acceptors (Lipinski definition) is 4. The van der Waals surface area contributed by atoms with Gasteiger partial charge in [-0.25, -0.2) is 0 Å². The number of ether oxygens (including phenoxy) is 2. The second kappa shape index (κ2) is 5.15. The van der Waals surface area contributed by atoms with E-state index in [1.54, 1.807) is 23.1 Å². The maximum atomic E-state index is 12.2. The van der Waals surface area contributed by atoms with E-state index in [9.17, 15) is 9.59 Å². The fourth-order valence-corrected chi connectivity index (χ4v) is 2.52. The SMILES string of the molecule is CC1CCN(C(=O)C(=O)c2ccc3c(c2)OCO3)CC1. The second-order valence-corrected chi connectivity index (χ2v) is 5.37. The molecule has 0 radical (unpaired) electrons. The van der Waals surface area contributed by atoms with E-state index in [2.05, 4.69) is 6.92 Å². The van der Waals surface area contributed by atoms with Gasteiger partial charge in [-0.3, -0.25) is 9.59 Å². The van der Waals surface area contributed by atoms with Crippen LogP contribution in [0.4, 0.5) is 0 Å². The van der Waals surface area contributed by atoms with Crippen LogP contribution in [-0.2, 0) is 4.79 Å². The van der Waals surface area contributed by atoms with Crippen molar-refractivity contribution in [1.82, 2.24) is 4.90 Å². The van der Waals surface area contributed by atoms with Crippen LogP contribution in [0.2, 0.25) is 0 Å². The molecule has 0 aliphatic carbocycles. The highest BCUT2D eigenvalue weighted by Gasteiger charge is 2.27. The maximum Gasteiger partial charge on any atom is 0.294 e. The number of hydrogen-bond donors (Lipinski definition) is 0. The van der Waals surface area contributed by atoms with Gasteiger partial charge in [0.1, 0.15) is 0 Å². The highest BCUT2D eigenvalue weighted by molar-refractivity contribution is 6.42. The van der Waals surface area contributed by atoms with Gasteiger partial charge in [0.05, 0.1) is 0 Å². The van der Waals surface area contributed by atoms with Crippen molar-refractivity contribution in [2.45, 2.75) is 19.8 Å². The Labute approximate surface area is 117 Å². The molecule has 2 heterocycles. The molecule has 1 fully saturated rings. The van der Waals surface area contributed by atoms with Gasteiger partial charge in [0.25, 0.3) is 11.7 Å². The van der Waals surface area contributed by atoms with Crippen molar-refractivity contribution in [2.24, 2.45) is 5.92 Å². The smallest absolute Gasteiger partial charge is 0.294 e. The average molecular weight is 275 g/mol. The van der Waals surface area contributed by atoms with Crippen molar-refractivity contribution in [3.8, 4) is 11.5 Å². The Morgan fingerprint density at radius 2 is 1.85 bits per heavy atom. The predicted molar refractivity (Wildman–Crippen MR) is 71.9 cm³/mol. The van der Waals surface area contributed by atoms with E-state index in [-0.39, 0.29) is 6.79 Å². The molecule has 2 aliphatic heterocycles. The third kappa shape index (κ3) is 2.35. The molecule has 1 saturated heterocycles. The van der Waals surface area contributed by atoms with Crippen molar-refractivity contribution in [1.29, 1.82) is 0 Å². The molecule has 0 atom stereocenters. The van der Waals surface area contributed by atoms with Crippen LogP contribution < -0.4 is 9.47 Å². The van der Waals surface area contributed by atoms with Gasteiger partial charge in [-0.2, -0.15) is 0 Å². The van der Waals surface area contributed by atoms with Gasteiger partial charge in [0.15, 0.2) is 11.5 Å². The van der Waals surface area contributed by atoms with Crippen LogP contribution in [0.25, 0.3) is 0 Å². The number of benzene rings is 1. The zero-order valence-corrected chi connectivity index (χ0v) is 11.4. The molecule has 0 spiro atoms. The van der Waals surface area contributed by atoms with Gasteiger partial charge >= 0.3 is 0 Å². The fraction of sp³-hybridized carbons (Fsp3) is 0.467. The quantitative estimate of drug-likeness (QED) is 0.610. The van der Waals surface area contributed by atoms with E-state index < -0.39 is 11.7 Å². The Hall–Kier alpha value is -2.04. The Kier molecular flexibility index (Phi) is 3.34. The molecule has 0 unspecified atom stereocenters. The molecule has 2 aliphatic rings. The van der Waals surface area contributed by atoms with Crippen LogP contribution in [0.3, 0.4) is 0 Å². The van der Waals surface area contributed by atoms with Crippen molar-refractivity contribution in [2.75, 3.05) is 19.9 Å². The first-order valence-corrected chi connectivity index (χ1v) is 6.88. The van der Waals surface area contributed by atoms with Gasteiger partial charge in [-0.05, 0) is 37.0 Å². The summed E-state index contributed by atoms with van der Waals surface area (Å²) in [6.07, 6.45) is 1.92. The van der Waals surface area contributed by atoms with Crippen LogP contribution in [0.1, 0.15) is 30.1 Å². The van der Waals surface area contributed by atoms with Crippen LogP contribution in [0.5, 0.6) is 11.5 Å². The zero-order chi connectivity index (χ0) is 14.1. The van der Waals surface area contributed by atoms with Crippen molar-refractivity contribution < 1.29 is 19.1 Å². The number of Topliss-reactive ketones (excluding diaryl/α,β-unsaturated/α-hetero) is 1. The van der Waals surface area contributed by atoms with Crippen LogP contribution >= 0.6 is 0 Å². The normalized spacial score (nSPS) is 18.1. The summed E-state index contributed by atoms with van der Waals surface area (Å²) in [6, 6.07) is 4.86. The van der Waals surface area contributed by atoms with E-state index in [4.69, 9.17) is 9.47 Å². The molecule has 1 amide bonds. The molecule has 0 saturated carbocycles. The van der Waals surface area contributed by atoms with E-state index >= 15 is 0 Å². The topological polar surface area (TPSA) is 55.8 Å². The lowest BCUT2D eigenvalue weighted by molar-refractivity contribution is -0.127. The van der Waals surface area contributed by atoms with Gasteiger partial charge in [-0.1, -0.05) is 6.92 Å².